The van der Waals surface area contributed by atoms with Crippen LogP contribution < -0.4 is 10.8 Å². The van der Waals surface area contributed by atoms with Gasteiger partial charge < -0.3 is 5.73 Å². The third kappa shape index (κ3) is 3.50. The van der Waals surface area contributed by atoms with Crippen LogP contribution in [-0.2, 0) is 23.6 Å². The molecule has 0 radical (unpaired) electrons. The Balaban J connectivity index is 2.16. The van der Waals surface area contributed by atoms with E-state index in [0.29, 0.717) is 6.07 Å². The van der Waals surface area contributed by atoms with E-state index in [1.165, 1.54) is 6.07 Å². The first-order chi connectivity index (χ1) is 12.4. The molecule has 0 bridgehead atoms. The van der Waals surface area contributed by atoms with E-state index in [1.54, 1.807) is 0 Å². The van der Waals surface area contributed by atoms with Crippen LogP contribution >= 0.6 is 0 Å². The molecular weight excluding hydrogens is 378 g/mol. The number of hydroxylamine groups is 1. The van der Waals surface area contributed by atoms with Crippen LogP contribution in [0.1, 0.15) is 16.7 Å². The number of nitrogens with zero attached hydrogens (tertiary/aromatic N) is 1. The Labute approximate surface area is 148 Å². The Morgan fingerprint density at radius 3 is 2.07 bits per heavy atom. The van der Waals surface area contributed by atoms with Gasteiger partial charge in [-0.2, -0.15) is 31.4 Å². The second-order valence-corrected chi connectivity index (χ2v) is 6.07. The molecule has 27 heavy (non-hydrogen) atoms. The van der Waals surface area contributed by atoms with Gasteiger partial charge in [0.05, 0.1) is 22.9 Å². The SMILES string of the molecule is N[C@H]1Cc2cc(-c3ccc(C(F)(F)F)cc3)cc(C(F)(F)F)c2N(O)C1=O. The van der Waals surface area contributed by atoms with Crippen LogP contribution in [0.4, 0.5) is 32.0 Å². The zero-order valence-corrected chi connectivity index (χ0v) is 13.4. The molecule has 0 aromatic heterocycles. The van der Waals surface area contributed by atoms with Gasteiger partial charge in [-0.05, 0) is 47.4 Å². The summed E-state index contributed by atoms with van der Waals surface area (Å²) < 4.78 is 78.4. The van der Waals surface area contributed by atoms with Crippen molar-refractivity contribution in [3.63, 3.8) is 0 Å². The maximum Gasteiger partial charge on any atom is 0.418 e. The minimum atomic E-state index is -4.91. The molecule has 0 fully saturated rings. The first-order valence-electron chi connectivity index (χ1n) is 7.60. The number of anilines is 1. The highest BCUT2D eigenvalue weighted by molar-refractivity contribution is 5.99. The highest BCUT2D eigenvalue weighted by Crippen LogP contribution is 2.43. The van der Waals surface area contributed by atoms with Gasteiger partial charge >= 0.3 is 12.4 Å². The van der Waals surface area contributed by atoms with Crippen molar-refractivity contribution in [3.05, 3.63) is 53.1 Å². The quantitative estimate of drug-likeness (QED) is 0.572. The summed E-state index contributed by atoms with van der Waals surface area (Å²) in [4.78, 5) is 11.7. The van der Waals surface area contributed by atoms with E-state index in [9.17, 15) is 36.3 Å². The zero-order valence-electron chi connectivity index (χ0n) is 13.4. The highest BCUT2D eigenvalue weighted by Gasteiger charge is 2.41. The normalized spacial score (nSPS) is 17.9. The number of benzene rings is 2. The van der Waals surface area contributed by atoms with Crippen LogP contribution in [0.3, 0.4) is 0 Å². The summed E-state index contributed by atoms with van der Waals surface area (Å²) in [6.45, 7) is 0. The number of hydrogen-bond donors (Lipinski definition) is 2. The smallest absolute Gasteiger partial charge is 0.320 e. The van der Waals surface area contributed by atoms with E-state index >= 15 is 0 Å². The molecule has 0 aliphatic carbocycles. The average Bonchev–Trinajstić information content (AvgIpc) is 2.57. The molecule has 0 saturated heterocycles. The molecule has 1 aliphatic rings. The van der Waals surface area contributed by atoms with Crippen molar-refractivity contribution in [2.75, 3.05) is 5.06 Å². The minimum Gasteiger partial charge on any atom is -0.320 e. The molecule has 144 valence electrons. The first kappa shape index (κ1) is 19.2. The molecule has 3 rings (SSSR count). The number of halogens is 6. The lowest BCUT2D eigenvalue weighted by molar-refractivity contribution is -0.138. The third-order valence-corrected chi connectivity index (χ3v) is 4.22. The summed E-state index contributed by atoms with van der Waals surface area (Å²) >= 11 is 0. The van der Waals surface area contributed by atoms with Crippen LogP contribution in [-0.4, -0.2) is 17.2 Å². The monoisotopic (exact) mass is 390 g/mol. The van der Waals surface area contributed by atoms with Crippen LogP contribution in [0.25, 0.3) is 11.1 Å². The van der Waals surface area contributed by atoms with Gasteiger partial charge in [-0.3, -0.25) is 10.0 Å². The second kappa shape index (κ2) is 6.24. The maximum atomic E-state index is 13.5. The Morgan fingerprint density at radius 1 is 0.963 bits per heavy atom. The largest absolute Gasteiger partial charge is 0.418 e. The summed E-state index contributed by atoms with van der Waals surface area (Å²) in [5.41, 5.74) is 2.68. The molecule has 0 spiro atoms. The topological polar surface area (TPSA) is 66.6 Å². The van der Waals surface area contributed by atoms with Crippen LogP contribution in [0.2, 0.25) is 0 Å². The maximum absolute atomic E-state index is 13.5. The number of alkyl halides is 6. The molecule has 1 aliphatic heterocycles. The lowest BCUT2D eigenvalue weighted by Gasteiger charge is -2.30. The molecule has 3 N–H and O–H groups in total. The van der Waals surface area contributed by atoms with Gasteiger partial charge in [0.1, 0.15) is 0 Å². The number of amides is 1. The molecule has 1 heterocycles. The lowest BCUT2D eigenvalue weighted by Crippen LogP contribution is -2.48. The van der Waals surface area contributed by atoms with Crippen molar-refractivity contribution >= 4 is 11.6 Å². The van der Waals surface area contributed by atoms with Crippen molar-refractivity contribution in [1.29, 1.82) is 0 Å². The van der Waals surface area contributed by atoms with E-state index < -0.39 is 41.1 Å². The van der Waals surface area contributed by atoms with Crippen LogP contribution in [0.5, 0.6) is 0 Å². The van der Waals surface area contributed by atoms with Gasteiger partial charge in [-0.25, -0.2) is 0 Å². The summed E-state index contributed by atoms with van der Waals surface area (Å²) in [6.07, 6.45) is -9.73. The fourth-order valence-corrected chi connectivity index (χ4v) is 2.93. The molecule has 2 aromatic carbocycles. The standard InChI is InChI=1S/C17H12F6N2O2/c18-16(19,20)11-3-1-8(2-4-11)9-5-10-7-13(24)15(26)25(27)14(10)12(6-9)17(21,22)23/h1-6,13,27H,7,24H2/t13-/m0/s1. The zero-order chi connectivity index (χ0) is 20.1. The fourth-order valence-electron chi connectivity index (χ4n) is 2.93. The number of hydrogen-bond acceptors (Lipinski definition) is 3. The van der Waals surface area contributed by atoms with Crippen molar-refractivity contribution in [2.45, 2.75) is 24.8 Å². The Morgan fingerprint density at radius 2 is 1.56 bits per heavy atom. The molecular formula is C17H12F6N2O2. The van der Waals surface area contributed by atoms with E-state index in [4.69, 9.17) is 5.73 Å². The third-order valence-electron chi connectivity index (χ3n) is 4.22. The molecule has 0 unspecified atom stereocenters. The Bertz CT molecular complexity index is 890. The average molecular weight is 390 g/mol. The van der Waals surface area contributed by atoms with Crippen molar-refractivity contribution < 1.29 is 36.3 Å². The lowest BCUT2D eigenvalue weighted by atomic mass is 9.91. The van der Waals surface area contributed by atoms with E-state index in [-0.39, 0.29) is 28.2 Å². The van der Waals surface area contributed by atoms with Gasteiger partial charge in [-0.15, -0.1) is 0 Å². The van der Waals surface area contributed by atoms with Gasteiger partial charge in [-0.1, -0.05) is 12.1 Å². The highest BCUT2D eigenvalue weighted by atomic mass is 19.4. The summed E-state index contributed by atoms with van der Waals surface area (Å²) in [5, 5.41) is 9.69. The van der Waals surface area contributed by atoms with E-state index in [0.717, 1.165) is 24.3 Å². The number of nitrogens with two attached hydrogens (primary N) is 1. The van der Waals surface area contributed by atoms with Gasteiger partial charge in [0, 0.05) is 0 Å². The number of rotatable bonds is 1. The second-order valence-electron chi connectivity index (χ2n) is 6.07. The first-order valence-corrected chi connectivity index (χ1v) is 7.60. The number of carbonyl (C=O) groups is 1. The van der Waals surface area contributed by atoms with Crippen LogP contribution in [0, 0.1) is 0 Å². The Hall–Kier alpha value is -2.59. The molecule has 1 atom stereocenters. The number of carbonyl (C=O) groups excluding carboxylic acids is 1. The molecule has 2 aromatic rings. The van der Waals surface area contributed by atoms with Crippen LogP contribution in [0.15, 0.2) is 36.4 Å². The Kier molecular flexibility index (Phi) is 4.43. The van der Waals surface area contributed by atoms with Gasteiger partial charge in [0.15, 0.2) is 0 Å². The van der Waals surface area contributed by atoms with Gasteiger partial charge in [0.25, 0.3) is 5.91 Å². The van der Waals surface area contributed by atoms with Crippen molar-refractivity contribution in [2.24, 2.45) is 5.73 Å². The predicted octanol–water partition coefficient (Wildman–Crippen LogP) is 4.00. The van der Waals surface area contributed by atoms with E-state index in [1.807, 2.05) is 0 Å². The molecule has 4 nitrogen and oxygen atoms in total. The molecule has 10 heteroatoms. The van der Waals surface area contributed by atoms with Crippen molar-refractivity contribution in [1.82, 2.24) is 0 Å². The van der Waals surface area contributed by atoms with E-state index in [2.05, 4.69) is 0 Å². The predicted molar refractivity (Wildman–Crippen MR) is 82.8 cm³/mol. The summed E-state index contributed by atoms with van der Waals surface area (Å²) in [5.74, 6) is -1.07. The molecule has 0 saturated carbocycles. The van der Waals surface area contributed by atoms with Gasteiger partial charge in [0.2, 0.25) is 0 Å². The minimum absolute atomic E-state index is 0.00949. The van der Waals surface area contributed by atoms with Crippen molar-refractivity contribution in [3.8, 4) is 11.1 Å². The summed E-state index contributed by atoms with van der Waals surface area (Å²) in [6, 6.07) is 4.33. The number of fused-ring (bicyclic) bond motifs is 1. The molecule has 1 amide bonds. The fraction of sp³-hybridized carbons (Fsp3) is 0.235. The summed E-state index contributed by atoms with van der Waals surface area (Å²) in [7, 11) is 0.